The first-order chi connectivity index (χ1) is 10.3. The van der Waals surface area contributed by atoms with Crippen molar-refractivity contribution in [2.24, 2.45) is 0 Å². The number of amides is 2. The fraction of sp³-hybridized carbons (Fsp3) is 0.467. The van der Waals surface area contributed by atoms with Gasteiger partial charge in [-0.2, -0.15) is 0 Å². The summed E-state index contributed by atoms with van der Waals surface area (Å²) in [6, 6.07) is 7.13. The van der Waals surface area contributed by atoms with E-state index < -0.39 is 11.9 Å². The molecule has 1 atom stereocenters. The number of nitrogens with one attached hydrogen (secondary N) is 1. The summed E-state index contributed by atoms with van der Waals surface area (Å²) < 4.78 is 10.9. The third-order valence-corrected chi connectivity index (χ3v) is 4.00. The number of hydrogen-bond donors (Lipinski definition) is 1. The van der Waals surface area contributed by atoms with Crippen molar-refractivity contribution in [2.45, 2.75) is 30.6 Å². The Hall–Kier alpha value is -1.57. The van der Waals surface area contributed by atoms with Gasteiger partial charge in [0.15, 0.2) is 11.9 Å². The number of ether oxygens (including phenoxy) is 2. The average molecular weight is 324 g/mol. The Morgan fingerprint density at radius 2 is 2.09 bits per heavy atom. The van der Waals surface area contributed by atoms with E-state index in [0.717, 1.165) is 16.7 Å². The van der Waals surface area contributed by atoms with Gasteiger partial charge < -0.3 is 19.7 Å². The van der Waals surface area contributed by atoms with Crippen molar-refractivity contribution in [3.8, 4) is 0 Å². The van der Waals surface area contributed by atoms with Gasteiger partial charge in [0.05, 0.1) is 6.61 Å². The Bertz CT molecular complexity index is 574. The van der Waals surface area contributed by atoms with E-state index >= 15 is 0 Å². The molecule has 1 aliphatic rings. The number of carbonyl (C=O) groups excluding carboxylic acids is 2. The molecular weight excluding hydrogens is 304 g/mol. The third-order valence-electron chi connectivity index (χ3n) is 2.97. The first-order valence-electron chi connectivity index (χ1n) is 6.89. The molecular formula is C15H20N2O4S. The minimum Gasteiger partial charge on any atom is -0.347 e. The molecule has 2 rings (SSSR count). The number of thioether (sulfide) groups is 1. The molecule has 0 aliphatic carbocycles. The van der Waals surface area contributed by atoms with Crippen LogP contribution < -0.4 is 5.32 Å². The maximum atomic E-state index is 12.1. The van der Waals surface area contributed by atoms with E-state index in [-0.39, 0.29) is 17.8 Å². The lowest BCUT2D eigenvalue weighted by Gasteiger charge is -2.17. The van der Waals surface area contributed by atoms with Crippen LogP contribution in [0.4, 0.5) is 10.5 Å². The summed E-state index contributed by atoms with van der Waals surface area (Å²) in [4.78, 5) is 26.1. The molecule has 0 bridgehead atoms. The molecule has 22 heavy (non-hydrogen) atoms. The van der Waals surface area contributed by atoms with Crippen molar-refractivity contribution >= 4 is 28.6 Å². The Balaban J connectivity index is 1.98. The van der Waals surface area contributed by atoms with Gasteiger partial charge >= 0.3 is 0 Å². The lowest BCUT2D eigenvalue weighted by Crippen LogP contribution is -2.31. The molecule has 0 saturated carbocycles. The molecule has 1 aromatic carbocycles. The maximum Gasteiger partial charge on any atom is 0.285 e. The fourth-order valence-electron chi connectivity index (χ4n) is 1.87. The minimum atomic E-state index is -0.738. The minimum absolute atomic E-state index is 0.0715. The van der Waals surface area contributed by atoms with Crippen molar-refractivity contribution < 1.29 is 19.1 Å². The summed E-state index contributed by atoms with van der Waals surface area (Å²) in [6.07, 6.45) is -0.630. The molecule has 0 radical (unpaired) electrons. The van der Waals surface area contributed by atoms with E-state index in [1.54, 1.807) is 46.1 Å². The molecule has 0 aromatic heterocycles. The van der Waals surface area contributed by atoms with Crippen molar-refractivity contribution in [3.63, 3.8) is 0 Å². The summed E-state index contributed by atoms with van der Waals surface area (Å²) in [5.74, 6) is -0.996. The van der Waals surface area contributed by atoms with Gasteiger partial charge in [-0.05, 0) is 43.8 Å². The fourth-order valence-corrected chi connectivity index (χ4v) is 2.59. The number of carbonyl (C=O) groups is 2. The highest BCUT2D eigenvalue weighted by Gasteiger charge is 2.36. The zero-order valence-corrected chi connectivity index (χ0v) is 13.9. The van der Waals surface area contributed by atoms with Gasteiger partial charge in [-0.1, -0.05) is 6.07 Å². The van der Waals surface area contributed by atoms with Crippen LogP contribution in [-0.4, -0.2) is 48.6 Å². The molecule has 120 valence electrons. The molecule has 1 fully saturated rings. The Labute approximate surface area is 134 Å². The van der Waals surface area contributed by atoms with Crippen LogP contribution in [0.5, 0.6) is 0 Å². The highest BCUT2D eigenvalue weighted by atomic mass is 32.2. The van der Waals surface area contributed by atoms with Gasteiger partial charge in [0.1, 0.15) is 0 Å². The maximum absolute atomic E-state index is 12.1. The van der Waals surface area contributed by atoms with Gasteiger partial charge in [-0.15, -0.1) is 0 Å². The van der Waals surface area contributed by atoms with Crippen LogP contribution in [0.3, 0.4) is 0 Å². The number of hydrogen-bond acceptors (Lipinski definition) is 5. The molecule has 6 nitrogen and oxygen atoms in total. The summed E-state index contributed by atoms with van der Waals surface area (Å²) >= 11 is 1.10. The molecule has 1 heterocycles. The van der Waals surface area contributed by atoms with Crippen LogP contribution in [0.15, 0.2) is 29.2 Å². The Morgan fingerprint density at radius 1 is 1.36 bits per heavy atom. The summed E-state index contributed by atoms with van der Waals surface area (Å²) in [5.41, 5.74) is 0.620. The molecule has 1 aromatic rings. The normalized spacial score (nSPS) is 19.7. The second kappa shape index (κ2) is 6.68. The predicted molar refractivity (Wildman–Crippen MR) is 84.9 cm³/mol. The average Bonchev–Trinajstić information content (AvgIpc) is 2.79. The molecule has 1 aliphatic heterocycles. The number of rotatable bonds is 3. The van der Waals surface area contributed by atoms with E-state index in [2.05, 4.69) is 5.32 Å². The van der Waals surface area contributed by atoms with E-state index in [9.17, 15) is 9.59 Å². The predicted octanol–water partition coefficient (Wildman–Crippen LogP) is 2.55. The SMILES string of the molecule is CN(C)C(=O)Sc1cccc(NC(=O)[C@@H]2COC(C)(C)O2)c1. The lowest BCUT2D eigenvalue weighted by atomic mass is 10.3. The topological polar surface area (TPSA) is 67.9 Å². The standard InChI is InChI=1S/C15H20N2O4S/c1-15(2)20-9-12(21-15)13(18)16-10-6-5-7-11(8-10)22-14(19)17(3)4/h5-8,12H,9H2,1-4H3,(H,16,18)/t12-/m0/s1. The van der Waals surface area contributed by atoms with Gasteiger partial charge in [0, 0.05) is 24.7 Å². The van der Waals surface area contributed by atoms with Crippen LogP contribution in [0.25, 0.3) is 0 Å². The molecule has 0 unspecified atom stereocenters. The Morgan fingerprint density at radius 3 is 2.68 bits per heavy atom. The second-order valence-corrected chi connectivity index (χ2v) is 6.62. The van der Waals surface area contributed by atoms with Crippen LogP contribution in [0.2, 0.25) is 0 Å². The van der Waals surface area contributed by atoms with Gasteiger partial charge in [0.2, 0.25) is 0 Å². The number of anilines is 1. The van der Waals surface area contributed by atoms with Crippen molar-refractivity contribution in [1.82, 2.24) is 4.90 Å². The lowest BCUT2D eigenvalue weighted by molar-refractivity contribution is -0.150. The van der Waals surface area contributed by atoms with E-state index in [0.29, 0.717) is 5.69 Å². The van der Waals surface area contributed by atoms with Crippen LogP contribution in [-0.2, 0) is 14.3 Å². The van der Waals surface area contributed by atoms with E-state index in [1.165, 1.54) is 4.90 Å². The van der Waals surface area contributed by atoms with E-state index in [1.807, 2.05) is 6.07 Å². The quantitative estimate of drug-likeness (QED) is 0.866. The van der Waals surface area contributed by atoms with Gasteiger partial charge in [0.25, 0.3) is 11.1 Å². The van der Waals surface area contributed by atoms with Crippen LogP contribution in [0, 0.1) is 0 Å². The zero-order valence-electron chi connectivity index (χ0n) is 13.1. The third kappa shape index (κ3) is 4.46. The highest BCUT2D eigenvalue weighted by molar-refractivity contribution is 8.13. The first-order valence-corrected chi connectivity index (χ1v) is 7.70. The number of benzene rings is 1. The monoisotopic (exact) mass is 324 g/mol. The van der Waals surface area contributed by atoms with Crippen molar-refractivity contribution in [2.75, 3.05) is 26.0 Å². The zero-order chi connectivity index (χ0) is 16.3. The Kier molecular flexibility index (Phi) is 5.10. The van der Waals surface area contributed by atoms with Crippen LogP contribution >= 0.6 is 11.8 Å². The first kappa shape index (κ1) is 16.8. The largest absolute Gasteiger partial charge is 0.347 e. The van der Waals surface area contributed by atoms with Crippen molar-refractivity contribution in [3.05, 3.63) is 24.3 Å². The van der Waals surface area contributed by atoms with E-state index in [4.69, 9.17) is 9.47 Å². The van der Waals surface area contributed by atoms with Gasteiger partial charge in [-0.25, -0.2) is 0 Å². The summed E-state index contributed by atoms with van der Waals surface area (Å²) in [6.45, 7) is 3.77. The molecule has 0 spiro atoms. The smallest absolute Gasteiger partial charge is 0.285 e. The molecule has 7 heteroatoms. The second-order valence-electron chi connectivity index (χ2n) is 5.60. The summed E-state index contributed by atoms with van der Waals surface area (Å²) in [5, 5.41) is 2.71. The molecule has 1 N–H and O–H groups in total. The highest BCUT2D eigenvalue weighted by Crippen LogP contribution is 2.25. The molecule has 1 saturated heterocycles. The number of nitrogens with zero attached hydrogens (tertiary/aromatic N) is 1. The molecule has 2 amide bonds. The van der Waals surface area contributed by atoms with Crippen LogP contribution in [0.1, 0.15) is 13.8 Å². The summed E-state index contributed by atoms with van der Waals surface area (Å²) in [7, 11) is 3.39. The van der Waals surface area contributed by atoms with Crippen molar-refractivity contribution in [1.29, 1.82) is 0 Å². The van der Waals surface area contributed by atoms with Gasteiger partial charge in [-0.3, -0.25) is 9.59 Å².